The summed E-state index contributed by atoms with van der Waals surface area (Å²) in [7, 11) is 1.74. The van der Waals surface area contributed by atoms with Gasteiger partial charge in [0.15, 0.2) is 0 Å². The lowest BCUT2D eigenvalue weighted by Crippen LogP contribution is -2.04. The van der Waals surface area contributed by atoms with Gasteiger partial charge in [0.2, 0.25) is 0 Å². The maximum absolute atomic E-state index is 5.69. The number of hydrogen-bond acceptors (Lipinski definition) is 5. The minimum absolute atomic E-state index is 0.827. The van der Waals surface area contributed by atoms with E-state index < -0.39 is 0 Å². The Morgan fingerprint density at radius 2 is 0.774 bits per heavy atom. The van der Waals surface area contributed by atoms with Crippen LogP contribution < -0.4 is 0 Å². The van der Waals surface area contributed by atoms with Crippen molar-refractivity contribution in [2.24, 2.45) is 0 Å². The van der Waals surface area contributed by atoms with Crippen LogP contribution in [-0.2, 0) is 30.2 Å². The standard InChI is InChI=1S/C25H47NO5/c1-27-17-6-7-19-29-21-10-11-23-31-25-13-12-24-30-22-9-8-20-28-18-5-4-16-26-14-2-3-15-26/h2-3,14-15H,4-13,16-25H2,1H3. The number of unbranched alkanes of at least 4 members (excludes halogenated alkanes) is 5. The van der Waals surface area contributed by atoms with E-state index in [0.29, 0.717) is 0 Å². The summed E-state index contributed by atoms with van der Waals surface area (Å²) < 4.78 is 29.9. The first-order chi connectivity index (χ1) is 15.4. The fourth-order valence-corrected chi connectivity index (χ4v) is 3.10. The molecular formula is C25H47NO5. The quantitative estimate of drug-likeness (QED) is 0.198. The number of aryl methyl sites for hydroxylation is 1. The van der Waals surface area contributed by atoms with Crippen molar-refractivity contribution in [2.45, 2.75) is 70.8 Å². The van der Waals surface area contributed by atoms with Gasteiger partial charge in [-0.25, -0.2) is 0 Å². The molecule has 0 aromatic carbocycles. The number of nitrogens with zero attached hydrogens (tertiary/aromatic N) is 1. The third-order valence-corrected chi connectivity index (χ3v) is 4.99. The Kier molecular flexibility index (Phi) is 21.5. The summed E-state index contributed by atoms with van der Waals surface area (Å²) in [6.45, 7) is 8.64. The number of rotatable bonds is 25. The van der Waals surface area contributed by atoms with Crippen molar-refractivity contribution < 1.29 is 23.7 Å². The average Bonchev–Trinajstić information content (AvgIpc) is 3.30. The predicted molar refractivity (Wildman–Crippen MR) is 126 cm³/mol. The van der Waals surface area contributed by atoms with Crippen LogP contribution in [0.2, 0.25) is 0 Å². The van der Waals surface area contributed by atoms with Gasteiger partial charge in [-0.15, -0.1) is 0 Å². The Labute approximate surface area is 190 Å². The number of aromatic nitrogens is 1. The van der Waals surface area contributed by atoms with Gasteiger partial charge in [0.1, 0.15) is 0 Å². The first-order valence-electron chi connectivity index (χ1n) is 12.3. The molecule has 0 saturated heterocycles. The highest BCUT2D eigenvalue weighted by molar-refractivity contribution is 4.89. The highest BCUT2D eigenvalue weighted by Crippen LogP contribution is 2.00. The lowest BCUT2D eigenvalue weighted by molar-refractivity contribution is 0.0832. The minimum Gasteiger partial charge on any atom is -0.385 e. The molecule has 0 N–H and O–H groups in total. The maximum Gasteiger partial charge on any atom is 0.0466 e. The molecule has 0 aliphatic carbocycles. The molecule has 1 rings (SSSR count). The zero-order valence-electron chi connectivity index (χ0n) is 19.9. The maximum atomic E-state index is 5.69. The van der Waals surface area contributed by atoms with Crippen LogP contribution >= 0.6 is 0 Å². The third-order valence-electron chi connectivity index (χ3n) is 4.99. The molecule has 1 aromatic rings. The molecule has 0 spiro atoms. The zero-order valence-corrected chi connectivity index (χ0v) is 19.9. The van der Waals surface area contributed by atoms with Crippen molar-refractivity contribution in [2.75, 3.05) is 66.6 Å². The van der Waals surface area contributed by atoms with Crippen molar-refractivity contribution in [1.29, 1.82) is 0 Å². The largest absolute Gasteiger partial charge is 0.385 e. The Hall–Kier alpha value is -0.920. The molecule has 182 valence electrons. The lowest BCUT2D eigenvalue weighted by atomic mass is 10.3. The second kappa shape index (κ2) is 23.7. The van der Waals surface area contributed by atoms with E-state index in [1.807, 2.05) is 0 Å². The lowest BCUT2D eigenvalue weighted by Gasteiger charge is -2.07. The first kappa shape index (κ1) is 28.1. The van der Waals surface area contributed by atoms with Crippen molar-refractivity contribution >= 4 is 0 Å². The fraction of sp³-hybridized carbons (Fsp3) is 0.840. The van der Waals surface area contributed by atoms with Gasteiger partial charge < -0.3 is 28.3 Å². The zero-order chi connectivity index (χ0) is 22.1. The molecule has 0 aliphatic rings. The molecule has 0 amide bonds. The molecule has 0 fully saturated rings. The summed E-state index contributed by atoms with van der Waals surface area (Å²) in [5.41, 5.74) is 0. The van der Waals surface area contributed by atoms with E-state index in [4.69, 9.17) is 23.7 Å². The second-order valence-electron chi connectivity index (χ2n) is 7.90. The topological polar surface area (TPSA) is 51.1 Å². The summed E-state index contributed by atoms with van der Waals surface area (Å²) in [6.07, 6.45) is 15.1. The van der Waals surface area contributed by atoms with Gasteiger partial charge in [-0.05, 0) is 76.3 Å². The van der Waals surface area contributed by atoms with Gasteiger partial charge in [0.25, 0.3) is 0 Å². The van der Waals surface area contributed by atoms with Crippen LogP contribution in [0.15, 0.2) is 24.5 Å². The van der Waals surface area contributed by atoms with E-state index in [0.717, 1.165) is 124 Å². The summed E-state index contributed by atoms with van der Waals surface area (Å²) in [4.78, 5) is 0. The summed E-state index contributed by atoms with van der Waals surface area (Å²) in [5, 5.41) is 0. The summed E-state index contributed by atoms with van der Waals surface area (Å²) >= 11 is 0. The van der Waals surface area contributed by atoms with Gasteiger partial charge in [-0.1, -0.05) is 0 Å². The molecular weight excluding hydrogens is 394 g/mol. The Morgan fingerprint density at radius 1 is 0.452 bits per heavy atom. The van der Waals surface area contributed by atoms with Crippen LogP contribution in [0.4, 0.5) is 0 Å². The van der Waals surface area contributed by atoms with Gasteiger partial charge in [0, 0.05) is 85.5 Å². The van der Waals surface area contributed by atoms with Gasteiger partial charge in [0.05, 0.1) is 0 Å². The predicted octanol–water partition coefficient (Wildman–Crippen LogP) is 5.10. The number of hydrogen-bond donors (Lipinski definition) is 0. The molecule has 31 heavy (non-hydrogen) atoms. The highest BCUT2D eigenvalue weighted by atomic mass is 16.5. The first-order valence-corrected chi connectivity index (χ1v) is 12.3. The van der Waals surface area contributed by atoms with Gasteiger partial charge in [-0.2, -0.15) is 0 Å². The van der Waals surface area contributed by atoms with Crippen LogP contribution in [0.1, 0.15) is 64.2 Å². The minimum atomic E-state index is 0.827. The van der Waals surface area contributed by atoms with E-state index in [-0.39, 0.29) is 0 Å². The number of ether oxygens (including phenoxy) is 5. The molecule has 0 saturated carbocycles. The van der Waals surface area contributed by atoms with Crippen LogP contribution in [0.25, 0.3) is 0 Å². The summed E-state index contributed by atoms with van der Waals surface area (Å²) in [6, 6.07) is 4.14. The number of methoxy groups -OCH3 is 1. The average molecular weight is 442 g/mol. The Bertz CT molecular complexity index is 441. The van der Waals surface area contributed by atoms with Gasteiger partial charge >= 0.3 is 0 Å². The molecule has 6 nitrogen and oxygen atoms in total. The highest BCUT2D eigenvalue weighted by Gasteiger charge is 1.96. The molecule has 1 aromatic heterocycles. The van der Waals surface area contributed by atoms with Crippen LogP contribution in [-0.4, -0.2) is 71.1 Å². The van der Waals surface area contributed by atoms with Crippen molar-refractivity contribution in [3.63, 3.8) is 0 Å². The molecule has 0 bridgehead atoms. The summed E-state index contributed by atoms with van der Waals surface area (Å²) in [5.74, 6) is 0. The third kappa shape index (κ3) is 20.7. The molecule has 0 aliphatic heterocycles. The molecule has 0 unspecified atom stereocenters. The fourth-order valence-electron chi connectivity index (χ4n) is 3.10. The normalized spacial score (nSPS) is 11.4. The van der Waals surface area contributed by atoms with Crippen molar-refractivity contribution in [3.8, 4) is 0 Å². The van der Waals surface area contributed by atoms with Crippen LogP contribution in [0, 0.1) is 0 Å². The second-order valence-corrected chi connectivity index (χ2v) is 7.90. The molecule has 0 atom stereocenters. The van der Waals surface area contributed by atoms with E-state index in [1.165, 1.54) is 6.42 Å². The SMILES string of the molecule is COCCCCOCCCCOCCCCOCCCCOCCCCn1cccc1. The molecule has 6 heteroatoms. The van der Waals surface area contributed by atoms with E-state index >= 15 is 0 Å². The molecule has 0 radical (unpaired) electrons. The van der Waals surface area contributed by atoms with E-state index in [2.05, 4.69) is 29.1 Å². The van der Waals surface area contributed by atoms with E-state index in [9.17, 15) is 0 Å². The van der Waals surface area contributed by atoms with Crippen LogP contribution in [0.5, 0.6) is 0 Å². The van der Waals surface area contributed by atoms with Gasteiger partial charge in [-0.3, -0.25) is 0 Å². The monoisotopic (exact) mass is 441 g/mol. The van der Waals surface area contributed by atoms with Crippen LogP contribution in [0.3, 0.4) is 0 Å². The van der Waals surface area contributed by atoms with Crippen molar-refractivity contribution in [3.05, 3.63) is 24.5 Å². The van der Waals surface area contributed by atoms with Crippen molar-refractivity contribution in [1.82, 2.24) is 4.57 Å². The Morgan fingerprint density at radius 3 is 1.13 bits per heavy atom. The van der Waals surface area contributed by atoms with E-state index in [1.54, 1.807) is 7.11 Å². The molecule has 1 heterocycles. The smallest absolute Gasteiger partial charge is 0.0466 e. The Balaban J connectivity index is 1.62.